The molecule has 1 aliphatic carbocycles. The lowest BCUT2D eigenvalue weighted by molar-refractivity contribution is -0.144. The van der Waals surface area contributed by atoms with E-state index in [1.165, 1.54) is 6.92 Å². The van der Waals surface area contributed by atoms with Crippen molar-refractivity contribution in [1.29, 1.82) is 0 Å². The molecule has 1 heterocycles. The second-order valence-electron chi connectivity index (χ2n) is 10.5. The maximum absolute atomic E-state index is 14.0. The van der Waals surface area contributed by atoms with Gasteiger partial charge in [0.25, 0.3) is 0 Å². The minimum Gasteiger partial charge on any atom is -0.493 e. The predicted molar refractivity (Wildman–Crippen MR) is 157 cm³/mol. The second kappa shape index (κ2) is 13.1. The van der Waals surface area contributed by atoms with Crippen molar-refractivity contribution in [3.8, 4) is 23.0 Å². The van der Waals surface area contributed by atoms with Crippen molar-refractivity contribution in [2.75, 3.05) is 20.8 Å². The van der Waals surface area contributed by atoms with E-state index in [1.54, 1.807) is 32.4 Å². The Bertz CT molecular complexity index is 1440. The van der Waals surface area contributed by atoms with Crippen LogP contribution in [0.2, 0.25) is 0 Å². The molecule has 2 aromatic rings. The van der Waals surface area contributed by atoms with Gasteiger partial charge in [-0.2, -0.15) is 0 Å². The van der Waals surface area contributed by atoms with Gasteiger partial charge in [0, 0.05) is 36.2 Å². The molecule has 0 saturated heterocycles. The monoisotopic (exact) mass is 577 g/mol. The van der Waals surface area contributed by atoms with Gasteiger partial charge in [-0.15, -0.1) is 0 Å². The largest absolute Gasteiger partial charge is 0.493 e. The highest BCUT2D eigenvalue weighted by Crippen LogP contribution is 2.47. The lowest BCUT2D eigenvalue weighted by Crippen LogP contribution is -2.36. The van der Waals surface area contributed by atoms with Gasteiger partial charge in [0.2, 0.25) is 0 Å². The first-order valence-corrected chi connectivity index (χ1v) is 14.2. The van der Waals surface area contributed by atoms with E-state index < -0.39 is 17.9 Å². The number of Topliss-reactive ketones (excluding diaryl/α,β-unsaturated/α-hetero) is 1. The van der Waals surface area contributed by atoms with Gasteiger partial charge in [0.05, 0.1) is 32.5 Å². The Morgan fingerprint density at radius 1 is 0.952 bits per heavy atom. The van der Waals surface area contributed by atoms with Gasteiger partial charge < -0.3 is 29.0 Å². The molecule has 2 aromatic carbocycles. The summed E-state index contributed by atoms with van der Waals surface area (Å²) >= 11 is 0. The Hall–Kier alpha value is -4.27. The van der Waals surface area contributed by atoms with E-state index in [9.17, 15) is 14.4 Å². The zero-order valence-electron chi connectivity index (χ0n) is 25.3. The summed E-state index contributed by atoms with van der Waals surface area (Å²) in [4.78, 5) is 39.3. The topological polar surface area (TPSA) is 109 Å². The van der Waals surface area contributed by atoms with Gasteiger partial charge in [0.1, 0.15) is 0 Å². The fraction of sp³-hybridized carbons (Fsp3) is 0.424. The highest BCUT2D eigenvalue weighted by Gasteiger charge is 2.42. The lowest BCUT2D eigenvalue weighted by atomic mass is 9.71. The average molecular weight is 578 g/mol. The van der Waals surface area contributed by atoms with Crippen LogP contribution in [0.25, 0.3) is 0 Å². The number of ether oxygens (including phenoxy) is 5. The molecule has 9 nitrogen and oxygen atoms in total. The summed E-state index contributed by atoms with van der Waals surface area (Å²) in [6, 6.07) is 10.8. The van der Waals surface area contributed by atoms with Crippen LogP contribution in [0.15, 0.2) is 58.9 Å². The molecule has 224 valence electrons. The van der Waals surface area contributed by atoms with Crippen molar-refractivity contribution < 1.29 is 38.1 Å². The van der Waals surface area contributed by atoms with Crippen LogP contribution in [0, 0.1) is 0 Å². The highest BCUT2D eigenvalue weighted by molar-refractivity contribution is 6.04. The quantitative estimate of drug-likeness (QED) is 0.280. The number of allylic oxidation sites excluding steroid dienone is 3. The van der Waals surface area contributed by atoms with Crippen LogP contribution >= 0.6 is 0 Å². The summed E-state index contributed by atoms with van der Waals surface area (Å²) in [7, 11) is 3.17. The van der Waals surface area contributed by atoms with Crippen LogP contribution in [0.5, 0.6) is 23.0 Å². The summed E-state index contributed by atoms with van der Waals surface area (Å²) in [6.07, 6.45) is 1.17. The normalized spacial score (nSPS) is 19.0. The summed E-state index contributed by atoms with van der Waals surface area (Å²) in [5.74, 6) is 0.00304. The van der Waals surface area contributed by atoms with E-state index in [1.807, 2.05) is 45.9 Å². The third-order valence-electron chi connectivity index (χ3n) is 7.66. The summed E-state index contributed by atoms with van der Waals surface area (Å²) in [5.41, 5.74) is 3.90. The van der Waals surface area contributed by atoms with Crippen LogP contribution in [-0.2, 0) is 19.1 Å². The Morgan fingerprint density at radius 3 is 2.26 bits per heavy atom. The van der Waals surface area contributed by atoms with Gasteiger partial charge >= 0.3 is 11.9 Å². The van der Waals surface area contributed by atoms with Gasteiger partial charge in [-0.3, -0.25) is 9.59 Å². The number of carbonyl (C=O) groups excluding carboxylic acids is 3. The summed E-state index contributed by atoms with van der Waals surface area (Å²) in [5, 5.41) is 3.38. The van der Waals surface area contributed by atoms with Crippen molar-refractivity contribution in [3.05, 3.63) is 70.1 Å². The number of rotatable bonds is 10. The van der Waals surface area contributed by atoms with Crippen molar-refractivity contribution in [3.63, 3.8) is 0 Å². The first kappa shape index (κ1) is 30.7. The highest BCUT2D eigenvalue weighted by atomic mass is 16.6. The number of dihydropyridines is 1. The Labute approximate surface area is 246 Å². The lowest BCUT2D eigenvalue weighted by Gasteiger charge is -2.37. The number of nitrogens with one attached hydrogen (secondary N) is 1. The predicted octanol–water partition coefficient (Wildman–Crippen LogP) is 5.73. The second-order valence-corrected chi connectivity index (χ2v) is 10.5. The fourth-order valence-corrected chi connectivity index (χ4v) is 5.53. The molecule has 0 fully saturated rings. The van der Waals surface area contributed by atoms with Gasteiger partial charge in [0.15, 0.2) is 28.8 Å². The molecule has 0 bridgehead atoms. The van der Waals surface area contributed by atoms with Crippen molar-refractivity contribution in [2.45, 2.75) is 71.8 Å². The van der Waals surface area contributed by atoms with Crippen LogP contribution in [0.3, 0.4) is 0 Å². The number of hydrogen-bond acceptors (Lipinski definition) is 9. The molecule has 1 aliphatic heterocycles. The average Bonchev–Trinajstić information content (AvgIpc) is 2.96. The molecule has 9 heteroatoms. The maximum Gasteiger partial charge on any atom is 0.337 e. The van der Waals surface area contributed by atoms with Gasteiger partial charge in [-0.25, -0.2) is 4.79 Å². The van der Waals surface area contributed by atoms with Crippen LogP contribution in [0.4, 0.5) is 0 Å². The smallest absolute Gasteiger partial charge is 0.337 e. The first-order chi connectivity index (χ1) is 20.1. The third kappa shape index (κ3) is 6.30. The standard InChI is InChI=1S/C33H39NO8/c1-8-18(3)41-33(37)30-19(4)34-24-14-23(21-10-12-26(38-6)28(16-21)39-7)15-25(36)32(24)31(30)22-11-13-27(42-20(5)35)29(17-22)40-9-2/h10-13,16-18,23,31,34H,8-9,14-15H2,1-7H3/t18-,23+,31-/m1/s1. The Kier molecular flexibility index (Phi) is 9.60. The Morgan fingerprint density at radius 2 is 1.62 bits per heavy atom. The zero-order chi connectivity index (χ0) is 30.6. The van der Waals surface area contributed by atoms with E-state index in [4.69, 9.17) is 23.7 Å². The minimum atomic E-state index is -0.692. The van der Waals surface area contributed by atoms with Crippen LogP contribution < -0.4 is 24.3 Å². The maximum atomic E-state index is 14.0. The zero-order valence-corrected chi connectivity index (χ0v) is 25.3. The first-order valence-electron chi connectivity index (χ1n) is 14.2. The van der Waals surface area contributed by atoms with E-state index >= 15 is 0 Å². The fourth-order valence-electron chi connectivity index (χ4n) is 5.53. The third-order valence-corrected chi connectivity index (χ3v) is 7.66. The molecule has 0 amide bonds. The van der Waals surface area contributed by atoms with Crippen molar-refractivity contribution in [2.24, 2.45) is 0 Å². The van der Waals surface area contributed by atoms with Gasteiger partial charge in [-0.05, 0) is 74.9 Å². The number of carbonyl (C=O) groups is 3. The molecule has 3 atom stereocenters. The molecule has 0 saturated carbocycles. The van der Waals surface area contributed by atoms with Crippen LogP contribution in [-0.4, -0.2) is 44.7 Å². The molecule has 2 aliphatic rings. The number of ketones is 1. The molecule has 4 rings (SSSR count). The number of hydrogen-bond donors (Lipinski definition) is 1. The van der Waals surface area contributed by atoms with E-state index in [-0.39, 0.29) is 30.0 Å². The molecular formula is C33H39NO8. The number of esters is 2. The SMILES string of the molecule is CCOc1cc([C@@H]2C(C(=O)O[C@H](C)CC)=C(C)NC3=C2C(=O)C[C@@H](c2ccc(OC)c(OC)c2)C3)ccc1OC(C)=O. The summed E-state index contributed by atoms with van der Waals surface area (Å²) in [6.45, 7) is 9.08. The van der Waals surface area contributed by atoms with E-state index in [0.717, 1.165) is 11.3 Å². The molecule has 42 heavy (non-hydrogen) atoms. The number of benzene rings is 2. The van der Waals surface area contributed by atoms with E-state index in [0.29, 0.717) is 59.1 Å². The summed E-state index contributed by atoms with van der Waals surface area (Å²) < 4.78 is 27.8. The molecule has 0 unspecified atom stereocenters. The molecule has 0 radical (unpaired) electrons. The van der Waals surface area contributed by atoms with Gasteiger partial charge in [-0.1, -0.05) is 19.1 Å². The molecule has 0 aromatic heterocycles. The van der Waals surface area contributed by atoms with Crippen molar-refractivity contribution >= 4 is 17.7 Å². The minimum absolute atomic E-state index is 0.0723. The Balaban J connectivity index is 1.82. The molecular weight excluding hydrogens is 538 g/mol. The molecule has 0 spiro atoms. The van der Waals surface area contributed by atoms with Crippen molar-refractivity contribution in [1.82, 2.24) is 5.32 Å². The number of methoxy groups -OCH3 is 2. The van der Waals surface area contributed by atoms with E-state index in [2.05, 4.69) is 5.32 Å². The van der Waals surface area contributed by atoms with Crippen LogP contribution in [0.1, 0.15) is 76.8 Å². The molecule has 1 N–H and O–H groups in total.